The van der Waals surface area contributed by atoms with Gasteiger partial charge in [0, 0.05) is 22.5 Å². The highest BCUT2D eigenvalue weighted by molar-refractivity contribution is 9.10. The molecule has 1 N–H and O–H groups in total. The summed E-state index contributed by atoms with van der Waals surface area (Å²) in [5.74, 6) is -2.77. The molecule has 2 atom stereocenters. The van der Waals surface area contributed by atoms with Crippen LogP contribution in [0.3, 0.4) is 0 Å². The second-order valence-electron chi connectivity index (χ2n) is 7.89. The van der Waals surface area contributed by atoms with Gasteiger partial charge in [-0.05, 0) is 31.5 Å². The predicted octanol–water partition coefficient (Wildman–Crippen LogP) is 3.37. The first-order valence-electron chi connectivity index (χ1n) is 10.9. The average Bonchev–Trinajstić information content (AvgIpc) is 3.23. The standard InChI is InChI=1S/C24H25BrN2O8/c1-4-34-21(29)24(22(30)35-5-2)14-23(20(28)33-3,19(26-24)15-9-7-6-8-10-15)17-12-11-16(25)13-18(17)27(31)32/h6-13,19,26H,4-5,14H2,1-3H3/t19-,23+/m1/s1. The number of hydrogen-bond donors (Lipinski definition) is 1. The van der Waals surface area contributed by atoms with Gasteiger partial charge >= 0.3 is 17.9 Å². The number of nitrogens with zero attached hydrogens (tertiary/aromatic N) is 1. The Bertz CT molecular complexity index is 1120. The van der Waals surface area contributed by atoms with Crippen LogP contribution in [0.4, 0.5) is 5.69 Å². The van der Waals surface area contributed by atoms with Crippen LogP contribution in [0.1, 0.15) is 37.4 Å². The van der Waals surface area contributed by atoms with Gasteiger partial charge in [-0.25, -0.2) is 9.59 Å². The number of rotatable bonds is 8. The molecule has 2 aromatic carbocycles. The molecular formula is C24H25BrN2O8. The Morgan fingerprint density at radius 1 is 1.06 bits per heavy atom. The van der Waals surface area contributed by atoms with Crippen molar-refractivity contribution in [1.29, 1.82) is 0 Å². The number of ether oxygens (including phenoxy) is 3. The summed E-state index contributed by atoms with van der Waals surface area (Å²) in [5, 5.41) is 15.1. The molecule has 10 nitrogen and oxygen atoms in total. The van der Waals surface area contributed by atoms with Gasteiger partial charge in [0.15, 0.2) is 0 Å². The monoisotopic (exact) mass is 548 g/mol. The maximum atomic E-state index is 13.6. The van der Waals surface area contributed by atoms with Crippen LogP contribution in [0.2, 0.25) is 0 Å². The Morgan fingerprint density at radius 3 is 2.17 bits per heavy atom. The first-order valence-corrected chi connectivity index (χ1v) is 11.7. The number of carbonyl (C=O) groups excluding carboxylic acids is 3. The molecule has 1 heterocycles. The number of halogens is 1. The summed E-state index contributed by atoms with van der Waals surface area (Å²) in [5.41, 5.74) is -3.88. The molecule has 0 spiro atoms. The van der Waals surface area contributed by atoms with Crippen LogP contribution in [0.5, 0.6) is 0 Å². The minimum absolute atomic E-state index is 0.0191. The highest BCUT2D eigenvalue weighted by Gasteiger charge is 2.69. The second-order valence-corrected chi connectivity index (χ2v) is 8.81. The van der Waals surface area contributed by atoms with Crippen molar-refractivity contribution in [2.45, 2.75) is 37.3 Å². The summed E-state index contributed by atoms with van der Waals surface area (Å²) in [6.07, 6.45) is -0.521. The minimum atomic E-state index is -2.12. The largest absolute Gasteiger partial charge is 0.468 e. The molecule has 0 amide bonds. The Balaban J connectivity index is 2.41. The number of hydrogen-bond acceptors (Lipinski definition) is 9. The molecule has 35 heavy (non-hydrogen) atoms. The first-order chi connectivity index (χ1) is 16.7. The molecule has 186 valence electrons. The summed E-state index contributed by atoms with van der Waals surface area (Å²) in [6.45, 7) is 3.07. The van der Waals surface area contributed by atoms with E-state index in [1.165, 1.54) is 12.1 Å². The molecule has 1 aliphatic heterocycles. The highest BCUT2D eigenvalue weighted by atomic mass is 79.9. The van der Waals surface area contributed by atoms with E-state index in [1.807, 2.05) is 0 Å². The van der Waals surface area contributed by atoms with E-state index in [2.05, 4.69) is 21.2 Å². The third-order valence-corrected chi connectivity index (χ3v) is 6.49. The van der Waals surface area contributed by atoms with E-state index in [0.29, 0.717) is 10.0 Å². The summed E-state index contributed by atoms with van der Waals surface area (Å²) in [4.78, 5) is 51.7. The number of esters is 3. The molecule has 1 aliphatic rings. The molecule has 0 saturated carbocycles. The Hall–Kier alpha value is -3.31. The smallest absolute Gasteiger partial charge is 0.338 e. The zero-order chi connectivity index (χ0) is 25.8. The molecule has 0 aromatic heterocycles. The molecule has 0 unspecified atom stereocenters. The number of benzene rings is 2. The molecule has 3 rings (SSSR count). The summed E-state index contributed by atoms with van der Waals surface area (Å²) >= 11 is 3.23. The molecular weight excluding hydrogens is 524 g/mol. The second kappa shape index (κ2) is 10.5. The van der Waals surface area contributed by atoms with Crippen molar-refractivity contribution < 1.29 is 33.5 Å². The number of nitro benzene ring substituents is 1. The lowest BCUT2D eigenvalue weighted by molar-refractivity contribution is -0.386. The topological polar surface area (TPSA) is 134 Å². The normalized spacial score (nSPS) is 20.6. The molecule has 0 aliphatic carbocycles. The maximum absolute atomic E-state index is 13.6. The lowest BCUT2D eigenvalue weighted by Crippen LogP contribution is -2.56. The van der Waals surface area contributed by atoms with Crippen molar-refractivity contribution in [1.82, 2.24) is 5.32 Å². The van der Waals surface area contributed by atoms with Gasteiger partial charge in [-0.15, -0.1) is 0 Å². The fourth-order valence-electron chi connectivity index (χ4n) is 4.57. The van der Waals surface area contributed by atoms with Gasteiger partial charge in [0.05, 0.1) is 31.3 Å². The van der Waals surface area contributed by atoms with Gasteiger partial charge < -0.3 is 14.2 Å². The fourth-order valence-corrected chi connectivity index (χ4v) is 4.92. The zero-order valence-corrected chi connectivity index (χ0v) is 21.0. The molecule has 0 bridgehead atoms. The summed E-state index contributed by atoms with van der Waals surface area (Å²) in [6, 6.07) is 11.7. The van der Waals surface area contributed by atoms with E-state index in [4.69, 9.17) is 14.2 Å². The average molecular weight is 549 g/mol. The molecule has 1 saturated heterocycles. The quantitative estimate of drug-likeness (QED) is 0.173. The van der Waals surface area contributed by atoms with E-state index >= 15 is 0 Å². The molecule has 1 fully saturated rings. The van der Waals surface area contributed by atoms with Crippen molar-refractivity contribution in [3.8, 4) is 0 Å². The molecule has 11 heteroatoms. The number of nitrogens with one attached hydrogen (secondary N) is 1. The van der Waals surface area contributed by atoms with E-state index < -0.39 is 46.2 Å². The van der Waals surface area contributed by atoms with Crippen molar-refractivity contribution in [2.24, 2.45) is 0 Å². The van der Waals surface area contributed by atoms with E-state index in [9.17, 15) is 24.5 Å². The number of methoxy groups -OCH3 is 1. The van der Waals surface area contributed by atoms with Crippen molar-refractivity contribution >= 4 is 39.5 Å². The summed E-state index contributed by atoms with van der Waals surface area (Å²) < 4.78 is 16.0. The van der Waals surface area contributed by atoms with Crippen LogP contribution in [-0.4, -0.2) is 48.7 Å². The Labute approximate surface area is 210 Å². The Kier molecular flexibility index (Phi) is 7.91. The highest BCUT2D eigenvalue weighted by Crippen LogP contribution is 2.53. The van der Waals surface area contributed by atoms with Crippen LogP contribution >= 0.6 is 15.9 Å². The minimum Gasteiger partial charge on any atom is -0.468 e. The lowest BCUT2D eigenvalue weighted by atomic mass is 9.69. The van der Waals surface area contributed by atoms with E-state index in [-0.39, 0.29) is 24.5 Å². The van der Waals surface area contributed by atoms with Gasteiger partial charge in [0.25, 0.3) is 5.69 Å². The Morgan fingerprint density at radius 2 is 1.66 bits per heavy atom. The molecule has 0 radical (unpaired) electrons. The zero-order valence-electron chi connectivity index (χ0n) is 19.4. The third kappa shape index (κ3) is 4.53. The van der Waals surface area contributed by atoms with E-state index in [1.54, 1.807) is 50.2 Å². The predicted molar refractivity (Wildman–Crippen MR) is 127 cm³/mol. The van der Waals surface area contributed by atoms with Crippen LogP contribution in [0.15, 0.2) is 53.0 Å². The van der Waals surface area contributed by atoms with E-state index in [0.717, 1.165) is 7.11 Å². The number of carbonyl (C=O) groups is 3. The maximum Gasteiger partial charge on any atom is 0.338 e. The van der Waals surface area contributed by atoms with Crippen LogP contribution in [-0.2, 0) is 34.0 Å². The SMILES string of the molecule is CCOC(=O)C1(C(=O)OCC)C[C@](C(=O)OC)(c2ccc(Br)cc2[N+](=O)[O-])[C@@H](c2ccccc2)N1. The van der Waals surface area contributed by atoms with Crippen molar-refractivity contribution in [3.05, 3.63) is 74.2 Å². The fraction of sp³-hybridized carbons (Fsp3) is 0.375. The van der Waals surface area contributed by atoms with Gasteiger partial charge in [-0.1, -0.05) is 46.3 Å². The van der Waals surface area contributed by atoms with Crippen LogP contribution < -0.4 is 5.32 Å². The van der Waals surface area contributed by atoms with Crippen LogP contribution in [0.25, 0.3) is 0 Å². The molecule has 2 aromatic rings. The van der Waals surface area contributed by atoms with Gasteiger partial charge in [0.2, 0.25) is 5.54 Å². The number of nitro groups is 1. The van der Waals surface area contributed by atoms with Crippen molar-refractivity contribution in [3.63, 3.8) is 0 Å². The summed E-state index contributed by atoms with van der Waals surface area (Å²) in [7, 11) is 1.14. The van der Waals surface area contributed by atoms with Crippen LogP contribution in [0, 0.1) is 10.1 Å². The van der Waals surface area contributed by atoms with Gasteiger partial charge in [0.1, 0.15) is 5.41 Å². The lowest BCUT2D eigenvalue weighted by Gasteiger charge is -2.32. The van der Waals surface area contributed by atoms with Gasteiger partial charge in [-0.2, -0.15) is 0 Å². The van der Waals surface area contributed by atoms with Gasteiger partial charge in [-0.3, -0.25) is 20.2 Å². The first kappa shape index (κ1) is 26.3. The van der Waals surface area contributed by atoms with Crippen molar-refractivity contribution in [2.75, 3.05) is 20.3 Å². The third-order valence-electron chi connectivity index (χ3n) is 5.99.